The molecule has 0 aliphatic heterocycles. The third kappa shape index (κ3) is 4.18. The van der Waals surface area contributed by atoms with Crippen LogP contribution in [0.1, 0.15) is 11.3 Å². The quantitative estimate of drug-likeness (QED) is 0.655. The maximum Gasteiger partial charge on any atom is 0.265 e. The van der Waals surface area contributed by atoms with Crippen LogP contribution in [0.4, 0.5) is 11.4 Å². The van der Waals surface area contributed by atoms with Gasteiger partial charge in [-0.1, -0.05) is 6.07 Å². The van der Waals surface area contributed by atoms with Gasteiger partial charge in [-0.05, 0) is 61.0 Å². The van der Waals surface area contributed by atoms with Gasteiger partial charge in [-0.25, -0.2) is 8.42 Å². The van der Waals surface area contributed by atoms with Gasteiger partial charge in [-0.3, -0.25) is 4.72 Å². The average molecular weight is 372 g/mol. The van der Waals surface area contributed by atoms with Crippen LogP contribution in [0.5, 0.6) is 5.75 Å². The molecule has 0 aliphatic rings. The minimum Gasteiger partial charge on any atom is -0.495 e. The first kappa shape index (κ1) is 17.9. The number of furan rings is 1. The molecule has 3 rings (SSSR count). The minimum absolute atomic E-state index is 0.111. The fraction of sp³-hybridized carbons (Fsp3) is 0.158. The van der Waals surface area contributed by atoms with E-state index in [9.17, 15) is 8.42 Å². The van der Waals surface area contributed by atoms with Crippen LogP contribution >= 0.6 is 0 Å². The Morgan fingerprint density at radius 2 is 1.77 bits per heavy atom. The van der Waals surface area contributed by atoms with Gasteiger partial charge in [-0.2, -0.15) is 0 Å². The zero-order chi connectivity index (χ0) is 18.6. The highest BCUT2D eigenvalue weighted by Gasteiger charge is 2.19. The average Bonchev–Trinajstić information content (AvgIpc) is 3.14. The maximum atomic E-state index is 12.7. The van der Waals surface area contributed by atoms with Crippen LogP contribution in [0, 0.1) is 6.92 Å². The van der Waals surface area contributed by atoms with E-state index in [1.54, 1.807) is 48.7 Å². The summed E-state index contributed by atoms with van der Waals surface area (Å²) < 4.78 is 38.4. The lowest BCUT2D eigenvalue weighted by molar-refractivity contribution is 0.402. The summed E-state index contributed by atoms with van der Waals surface area (Å²) in [6.45, 7) is 2.39. The van der Waals surface area contributed by atoms with Gasteiger partial charge in [0.2, 0.25) is 0 Å². The molecule has 6 nitrogen and oxygen atoms in total. The van der Waals surface area contributed by atoms with Gasteiger partial charge in [-0.15, -0.1) is 0 Å². The van der Waals surface area contributed by atoms with E-state index in [4.69, 9.17) is 9.15 Å². The lowest BCUT2D eigenvalue weighted by Crippen LogP contribution is -2.14. The van der Waals surface area contributed by atoms with Crippen molar-refractivity contribution in [3.05, 3.63) is 72.2 Å². The Hall–Kier alpha value is -2.93. The molecule has 7 heteroatoms. The molecule has 0 unspecified atom stereocenters. The summed E-state index contributed by atoms with van der Waals surface area (Å²) in [7, 11) is -2.30. The van der Waals surface area contributed by atoms with E-state index in [-0.39, 0.29) is 4.90 Å². The largest absolute Gasteiger partial charge is 0.495 e. The highest BCUT2D eigenvalue weighted by atomic mass is 32.2. The zero-order valence-corrected chi connectivity index (χ0v) is 15.3. The minimum atomic E-state index is -3.75. The van der Waals surface area contributed by atoms with Gasteiger partial charge < -0.3 is 14.5 Å². The van der Waals surface area contributed by atoms with E-state index >= 15 is 0 Å². The zero-order valence-electron chi connectivity index (χ0n) is 14.5. The second kappa shape index (κ2) is 7.53. The molecule has 0 atom stereocenters. The van der Waals surface area contributed by atoms with Gasteiger partial charge >= 0.3 is 0 Å². The van der Waals surface area contributed by atoms with Crippen molar-refractivity contribution in [1.82, 2.24) is 0 Å². The summed E-state index contributed by atoms with van der Waals surface area (Å²) in [5, 5.41) is 3.20. The molecule has 1 aromatic heterocycles. The molecule has 0 aliphatic carbocycles. The summed E-state index contributed by atoms with van der Waals surface area (Å²) in [6, 6.07) is 15.7. The molecule has 26 heavy (non-hydrogen) atoms. The second-order valence-corrected chi connectivity index (χ2v) is 7.42. The van der Waals surface area contributed by atoms with Gasteiger partial charge in [0.15, 0.2) is 0 Å². The molecule has 1 heterocycles. The molecular weight excluding hydrogens is 352 g/mol. The van der Waals surface area contributed by atoms with Crippen LogP contribution in [-0.2, 0) is 16.6 Å². The Labute approximate surface area is 152 Å². The van der Waals surface area contributed by atoms with Crippen molar-refractivity contribution in [1.29, 1.82) is 0 Å². The summed E-state index contributed by atoms with van der Waals surface area (Å²) in [4.78, 5) is 0.111. The molecule has 2 N–H and O–H groups in total. The molecular formula is C19H20N2O4S. The maximum absolute atomic E-state index is 12.7. The van der Waals surface area contributed by atoms with Crippen molar-refractivity contribution >= 4 is 21.4 Å². The summed E-state index contributed by atoms with van der Waals surface area (Å²) in [5.74, 6) is 1.13. The van der Waals surface area contributed by atoms with E-state index in [1.165, 1.54) is 7.11 Å². The van der Waals surface area contributed by atoms with Crippen LogP contribution in [0.25, 0.3) is 0 Å². The smallest absolute Gasteiger partial charge is 0.265 e. The van der Waals surface area contributed by atoms with Crippen molar-refractivity contribution in [2.75, 3.05) is 17.1 Å². The Kier molecular flexibility index (Phi) is 5.18. The Bertz CT molecular complexity index is 965. The predicted molar refractivity (Wildman–Crippen MR) is 101 cm³/mol. The Morgan fingerprint density at radius 1 is 1.04 bits per heavy atom. The second-order valence-electron chi connectivity index (χ2n) is 5.77. The molecule has 136 valence electrons. The molecule has 0 amide bonds. The van der Waals surface area contributed by atoms with Crippen molar-refractivity contribution in [2.45, 2.75) is 18.4 Å². The van der Waals surface area contributed by atoms with Crippen LogP contribution < -0.4 is 14.8 Å². The third-order valence-corrected chi connectivity index (χ3v) is 5.20. The fourth-order valence-corrected chi connectivity index (χ4v) is 3.78. The number of hydrogen-bond donors (Lipinski definition) is 2. The predicted octanol–water partition coefficient (Wildman–Crippen LogP) is 4.01. The molecule has 0 radical (unpaired) electrons. The van der Waals surface area contributed by atoms with Gasteiger partial charge in [0.1, 0.15) is 16.4 Å². The molecule has 2 aromatic carbocycles. The number of methoxy groups -OCH3 is 1. The number of sulfonamides is 1. The van der Waals surface area contributed by atoms with Crippen LogP contribution in [0.15, 0.2) is 70.2 Å². The number of anilines is 2. The summed E-state index contributed by atoms with van der Waals surface area (Å²) in [6.07, 6.45) is 1.62. The normalized spacial score (nSPS) is 11.2. The first-order valence-electron chi connectivity index (χ1n) is 8.02. The number of aryl methyl sites for hydroxylation is 1. The number of rotatable bonds is 7. The van der Waals surface area contributed by atoms with Crippen LogP contribution in [0.2, 0.25) is 0 Å². The molecule has 3 aromatic rings. The number of benzene rings is 2. The molecule has 0 saturated carbocycles. The standard InChI is InChI=1S/C19H20N2O4S/c1-14-5-10-18(24-2)19(12-14)26(22,23)21-16-8-6-15(7-9-16)20-13-17-4-3-11-25-17/h3-12,20-21H,13H2,1-2H3. The SMILES string of the molecule is COc1ccc(C)cc1S(=O)(=O)Nc1ccc(NCc2ccco2)cc1. The van der Waals surface area contributed by atoms with E-state index in [0.717, 1.165) is 17.0 Å². The van der Waals surface area contributed by atoms with E-state index < -0.39 is 10.0 Å². The molecule has 0 bridgehead atoms. The van der Waals surface area contributed by atoms with Crippen molar-refractivity contribution in [3.8, 4) is 5.75 Å². The van der Waals surface area contributed by atoms with Crippen LogP contribution in [0.3, 0.4) is 0 Å². The van der Waals surface area contributed by atoms with Crippen molar-refractivity contribution < 1.29 is 17.6 Å². The van der Waals surface area contributed by atoms with E-state index in [1.807, 2.05) is 19.1 Å². The summed E-state index contributed by atoms with van der Waals surface area (Å²) >= 11 is 0. The van der Waals surface area contributed by atoms with E-state index in [0.29, 0.717) is 18.0 Å². The number of ether oxygens (including phenoxy) is 1. The molecule has 0 spiro atoms. The lowest BCUT2D eigenvalue weighted by atomic mass is 10.2. The van der Waals surface area contributed by atoms with Crippen molar-refractivity contribution in [3.63, 3.8) is 0 Å². The first-order chi connectivity index (χ1) is 12.5. The molecule has 0 fully saturated rings. The monoisotopic (exact) mass is 372 g/mol. The number of hydrogen-bond acceptors (Lipinski definition) is 5. The van der Waals surface area contributed by atoms with Gasteiger partial charge in [0, 0.05) is 11.4 Å². The third-order valence-electron chi connectivity index (χ3n) is 3.79. The summed E-state index contributed by atoms with van der Waals surface area (Å²) in [5.41, 5.74) is 2.17. The van der Waals surface area contributed by atoms with Gasteiger partial charge in [0.05, 0.1) is 19.9 Å². The van der Waals surface area contributed by atoms with Crippen LogP contribution in [-0.4, -0.2) is 15.5 Å². The van der Waals surface area contributed by atoms with Crippen molar-refractivity contribution in [2.24, 2.45) is 0 Å². The molecule has 0 saturated heterocycles. The van der Waals surface area contributed by atoms with Gasteiger partial charge in [0.25, 0.3) is 10.0 Å². The lowest BCUT2D eigenvalue weighted by Gasteiger charge is -2.13. The highest BCUT2D eigenvalue weighted by molar-refractivity contribution is 7.92. The fourth-order valence-electron chi connectivity index (χ4n) is 2.46. The Morgan fingerprint density at radius 3 is 2.42 bits per heavy atom. The topological polar surface area (TPSA) is 80.6 Å². The highest BCUT2D eigenvalue weighted by Crippen LogP contribution is 2.27. The van der Waals surface area contributed by atoms with E-state index in [2.05, 4.69) is 10.0 Å². The Balaban J connectivity index is 1.73. The first-order valence-corrected chi connectivity index (χ1v) is 9.50. The number of nitrogens with one attached hydrogen (secondary N) is 2.